The Bertz CT molecular complexity index is 264. The average molecular weight is 253 g/mol. The minimum atomic E-state index is 0.00214. The van der Waals surface area contributed by atoms with Crippen LogP contribution in [0.3, 0.4) is 0 Å². The van der Waals surface area contributed by atoms with Gasteiger partial charge in [0.1, 0.15) is 0 Å². The maximum absolute atomic E-state index is 6.40. The molecule has 2 aliphatic rings. The summed E-state index contributed by atoms with van der Waals surface area (Å²) in [6.07, 6.45) is 6.46. The molecule has 2 aliphatic heterocycles. The number of hydrogen-bond donors (Lipinski definition) is 1. The van der Waals surface area contributed by atoms with Gasteiger partial charge in [-0.2, -0.15) is 0 Å². The molecule has 0 aromatic rings. The van der Waals surface area contributed by atoms with Crippen molar-refractivity contribution in [2.75, 3.05) is 33.2 Å². The number of piperidine rings is 2. The van der Waals surface area contributed by atoms with Crippen LogP contribution < -0.4 is 5.73 Å². The number of nitrogens with two attached hydrogens (primary N) is 1. The molecule has 3 heteroatoms. The lowest BCUT2D eigenvalue weighted by Crippen LogP contribution is -2.56. The van der Waals surface area contributed by atoms with Gasteiger partial charge in [-0.15, -0.1) is 0 Å². The van der Waals surface area contributed by atoms with Gasteiger partial charge in [0.2, 0.25) is 0 Å². The third-order valence-electron chi connectivity index (χ3n) is 4.84. The van der Waals surface area contributed by atoms with Crippen molar-refractivity contribution in [2.24, 2.45) is 11.7 Å². The highest BCUT2D eigenvalue weighted by Crippen LogP contribution is 2.30. The average Bonchev–Trinajstić information content (AvgIpc) is 2.28. The molecule has 0 spiro atoms. The lowest BCUT2D eigenvalue weighted by atomic mass is 9.83. The molecule has 2 fully saturated rings. The maximum atomic E-state index is 6.40. The van der Waals surface area contributed by atoms with Crippen molar-refractivity contribution >= 4 is 0 Å². The fourth-order valence-electron chi connectivity index (χ4n) is 4.03. The van der Waals surface area contributed by atoms with Gasteiger partial charge in [0, 0.05) is 24.7 Å². The summed E-state index contributed by atoms with van der Waals surface area (Å²) in [4.78, 5) is 5.20. The summed E-state index contributed by atoms with van der Waals surface area (Å²) in [5, 5.41) is 0. The van der Waals surface area contributed by atoms with Crippen LogP contribution in [0.5, 0.6) is 0 Å². The molecule has 2 rings (SSSR count). The Morgan fingerprint density at radius 3 is 2.78 bits per heavy atom. The maximum Gasteiger partial charge on any atom is 0.0254 e. The predicted octanol–water partition coefficient (Wildman–Crippen LogP) is 1.92. The van der Waals surface area contributed by atoms with E-state index >= 15 is 0 Å². The summed E-state index contributed by atoms with van der Waals surface area (Å²) in [5.74, 6) is 0.884. The molecule has 2 N–H and O–H groups in total. The Balaban J connectivity index is 1.87. The predicted molar refractivity (Wildman–Crippen MR) is 77.7 cm³/mol. The molecule has 3 unspecified atom stereocenters. The van der Waals surface area contributed by atoms with Crippen LogP contribution in [0.25, 0.3) is 0 Å². The minimum Gasteiger partial charge on any atom is -0.324 e. The molecule has 106 valence electrons. The van der Waals surface area contributed by atoms with E-state index in [0.29, 0.717) is 0 Å². The summed E-state index contributed by atoms with van der Waals surface area (Å²) in [6.45, 7) is 9.33. The summed E-state index contributed by atoms with van der Waals surface area (Å²) in [5.41, 5.74) is 6.40. The Hall–Kier alpha value is -0.120. The summed E-state index contributed by atoms with van der Waals surface area (Å²) in [6, 6.07) is 0.838. The minimum absolute atomic E-state index is 0.00214. The van der Waals surface area contributed by atoms with Gasteiger partial charge in [0.15, 0.2) is 0 Å². The lowest BCUT2D eigenvalue weighted by Gasteiger charge is -2.47. The van der Waals surface area contributed by atoms with Gasteiger partial charge in [0.25, 0.3) is 0 Å². The summed E-state index contributed by atoms with van der Waals surface area (Å²) >= 11 is 0. The Morgan fingerprint density at radius 1 is 1.28 bits per heavy atom. The first-order valence-electron chi connectivity index (χ1n) is 7.73. The molecule has 0 amide bonds. The third kappa shape index (κ3) is 3.46. The lowest BCUT2D eigenvalue weighted by molar-refractivity contribution is 0.0302. The van der Waals surface area contributed by atoms with E-state index in [4.69, 9.17) is 5.73 Å². The highest BCUT2D eigenvalue weighted by Gasteiger charge is 2.35. The van der Waals surface area contributed by atoms with Crippen LogP contribution in [0.1, 0.15) is 46.0 Å². The van der Waals surface area contributed by atoms with Crippen molar-refractivity contribution in [1.29, 1.82) is 0 Å². The van der Waals surface area contributed by atoms with Gasteiger partial charge in [-0.3, -0.25) is 0 Å². The molecule has 18 heavy (non-hydrogen) atoms. The quantitative estimate of drug-likeness (QED) is 0.831. The van der Waals surface area contributed by atoms with Crippen LogP contribution in [0.4, 0.5) is 0 Å². The zero-order valence-corrected chi connectivity index (χ0v) is 12.5. The van der Waals surface area contributed by atoms with Crippen molar-refractivity contribution in [2.45, 2.75) is 57.5 Å². The van der Waals surface area contributed by atoms with E-state index in [9.17, 15) is 0 Å². The molecule has 0 aliphatic carbocycles. The second-order valence-corrected chi connectivity index (χ2v) is 6.88. The van der Waals surface area contributed by atoms with Crippen LogP contribution in [0.2, 0.25) is 0 Å². The zero-order valence-electron chi connectivity index (χ0n) is 12.5. The Kier molecular flexibility index (Phi) is 4.68. The molecule has 2 saturated heterocycles. The first-order valence-corrected chi connectivity index (χ1v) is 7.73. The normalized spacial score (nSPS) is 34.0. The molecular weight excluding hydrogens is 222 g/mol. The van der Waals surface area contributed by atoms with Crippen molar-refractivity contribution in [3.8, 4) is 0 Å². The molecule has 0 aromatic carbocycles. The first kappa shape index (κ1) is 14.3. The number of hydrogen-bond acceptors (Lipinski definition) is 3. The van der Waals surface area contributed by atoms with E-state index in [2.05, 4.69) is 30.7 Å². The highest BCUT2D eigenvalue weighted by molar-refractivity contribution is 4.92. The summed E-state index contributed by atoms with van der Waals surface area (Å²) < 4.78 is 0. The van der Waals surface area contributed by atoms with Crippen LogP contribution in [0.15, 0.2) is 0 Å². The van der Waals surface area contributed by atoms with Crippen molar-refractivity contribution in [3.63, 3.8) is 0 Å². The fourth-order valence-corrected chi connectivity index (χ4v) is 4.03. The Morgan fingerprint density at radius 2 is 2.06 bits per heavy atom. The zero-order chi connectivity index (χ0) is 13.2. The van der Waals surface area contributed by atoms with Crippen molar-refractivity contribution in [1.82, 2.24) is 9.80 Å². The van der Waals surface area contributed by atoms with E-state index in [0.717, 1.165) is 24.9 Å². The smallest absolute Gasteiger partial charge is 0.0254 e. The molecule has 0 saturated carbocycles. The molecule has 3 atom stereocenters. The number of rotatable bonds is 4. The summed E-state index contributed by atoms with van der Waals surface area (Å²) in [7, 11) is 2.30. The van der Waals surface area contributed by atoms with Crippen LogP contribution in [-0.4, -0.2) is 54.6 Å². The van der Waals surface area contributed by atoms with Crippen molar-refractivity contribution in [3.05, 3.63) is 0 Å². The fraction of sp³-hybridized carbons (Fsp3) is 1.00. The van der Waals surface area contributed by atoms with Crippen LogP contribution >= 0.6 is 0 Å². The number of nitrogens with zero attached hydrogens (tertiary/aromatic N) is 2. The van der Waals surface area contributed by atoms with Gasteiger partial charge < -0.3 is 15.5 Å². The first-order chi connectivity index (χ1) is 8.52. The van der Waals surface area contributed by atoms with Gasteiger partial charge in [-0.05, 0) is 58.7 Å². The van der Waals surface area contributed by atoms with Crippen LogP contribution in [-0.2, 0) is 0 Å². The third-order valence-corrected chi connectivity index (χ3v) is 4.84. The SMILES string of the molecule is CCCC(C)(N)CN1CCC2C(CCCN2C)C1. The van der Waals surface area contributed by atoms with E-state index in [1.165, 1.54) is 45.3 Å². The van der Waals surface area contributed by atoms with Crippen LogP contribution in [0, 0.1) is 5.92 Å². The second kappa shape index (κ2) is 5.89. The van der Waals surface area contributed by atoms with Gasteiger partial charge in [-0.1, -0.05) is 13.3 Å². The molecule has 2 heterocycles. The van der Waals surface area contributed by atoms with Gasteiger partial charge in [-0.25, -0.2) is 0 Å². The molecule has 3 nitrogen and oxygen atoms in total. The molecule has 0 bridgehead atoms. The van der Waals surface area contributed by atoms with Crippen molar-refractivity contribution < 1.29 is 0 Å². The standard InChI is InChI=1S/C15H31N3/c1-4-8-15(2,16)12-18-10-7-14-13(11-18)6-5-9-17(14)3/h13-14H,4-12,16H2,1-3H3. The topological polar surface area (TPSA) is 32.5 Å². The largest absolute Gasteiger partial charge is 0.324 e. The van der Waals surface area contributed by atoms with E-state index in [-0.39, 0.29) is 5.54 Å². The van der Waals surface area contributed by atoms with Gasteiger partial charge in [0.05, 0.1) is 0 Å². The Labute approximate surface area is 113 Å². The highest BCUT2D eigenvalue weighted by atomic mass is 15.2. The number of fused-ring (bicyclic) bond motifs is 1. The monoisotopic (exact) mass is 253 g/mol. The van der Waals surface area contributed by atoms with E-state index < -0.39 is 0 Å². The molecule has 0 radical (unpaired) electrons. The second-order valence-electron chi connectivity index (χ2n) is 6.88. The number of likely N-dealkylation sites (tertiary alicyclic amines) is 2. The van der Waals surface area contributed by atoms with E-state index in [1.807, 2.05) is 0 Å². The molecular formula is C15H31N3. The van der Waals surface area contributed by atoms with Gasteiger partial charge >= 0.3 is 0 Å². The van der Waals surface area contributed by atoms with E-state index in [1.54, 1.807) is 0 Å². The molecule has 0 aromatic heterocycles.